The van der Waals surface area contributed by atoms with Crippen LogP contribution in [0.3, 0.4) is 0 Å². The minimum Gasteiger partial charge on any atom is -0.478 e. The van der Waals surface area contributed by atoms with Crippen molar-refractivity contribution in [1.29, 1.82) is 0 Å². The number of hydrogen-bond donors (Lipinski definition) is 1. The number of carbonyl (C=O) groups excluding carboxylic acids is 2. The molecule has 1 saturated heterocycles. The van der Waals surface area contributed by atoms with E-state index in [0.29, 0.717) is 5.69 Å². The van der Waals surface area contributed by atoms with E-state index in [2.05, 4.69) is 4.98 Å². The Hall–Kier alpha value is -2.24. The third-order valence-electron chi connectivity index (χ3n) is 4.07. The van der Waals surface area contributed by atoms with Crippen LogP contribution in [-0.2, 0) is 16.1 Å². The van der Waals surface area contributed by atoms with Crippen molar-refractivity contribution in [3.63, 3.8) is 0 Å². The van der Waals surface area contributed by atoms with Crippen molar-refractivity contribution in [1.82, 2.24) is 9.88 Å². The second-order valence-corrected chi connectivity index (χ2v) is 5.25. The van der Waals surface area contributed by atoms with Crippen LogP contribution in [0.1, 0.15) is 35.3 Å². The molecule has 1 saturated carbocycles. The summed E-state index contributed by atoms with van der Waals surface area (Å²) in [5, 5.41) is 8.79. The number of carboxylic acids is 1. The first kappa shape index (κ1) is 12.8. The van der Waals surface area contributed by atoms with Crippen molar-refractivity contribution in [3.05, 3.63) is 29.6 Å². The van der Waals surface area contributed by atoms with Gasteiger partial charge in [0.2, 0.25) is 11.8 Å². The number of imide groups is 1. The molecule has 3 rings (SSSR count). The second-order valence-electron chi connectivity index (χ2n) is 5.25. The lowest BCUT2D eigenvalue weighted by atomic mass is 10.00. The molecule has 1 N–H and O–H groups in total. The molecule has 1 aliphatic heterocycles. The molecular formula is C14H14N2O4. The lowest BCUT2D eigenvalue weighted by Gasteiger charge is -2.15. The Morgan fingerprint density at radius 3 is 2.40 bits per heavy atom. The molecule has 1 aromatic rings. The molecule has 0 bridgehead atoms. The van der Waals surface area contributed by atoms with E-state index in [1.54, 1.807) is 0 Å². The third-order valence-corrected chi connectivity index (χ3v) is 4.07. The van der Waals surface area contributed by atoms with Crippen LogP contribution in [0, 0.1) is 11.8 Å². The highest BCUT2D eigenvalue weighted by Crippen LogP contribution is 2.40. The average molecular weight is 274 g/mol. The monoisotopic (exact) mass is 274 g/mol. The molecule has 0 spiro atoms. The zero-order valence-electron chi connectivity index (χ0n) is 10.8. The van der Waals surface area contributed by atoms with Gasteiger partial charge in [0.25, 0.3) is 0 Å². The van der Waals surface area contributed by atoms with Crippen LogP contribution in [0.4, 0.5) is 0 Å². The average Bonchev–Trinajstić information content (AvgIpc) is 2.99. The molecule has 20 heavy (non-hydrogen) atoms. The maximum absolute atomic E-state index is 12.2. The number of carbonyl (C=O) groups is 3. The molecule has 1 aliphatic carbocycles. The first-order chi connectivity index (χ1) is 9.58. The number of amides is 2. The number of pyridine rings is 1. The van der Waals surface area contributed by atoms with Gasteiger partial charge in [0, 0.05) is 6.20 Å². The summed E-state index contributed by atoms with van der Waals surface area (Å²) < 4.78 is 0. The highest BCUT2D eigenvalue weighted by Gasteiger charge is 2.49. The molecule has 2 amide bonds. The van der Waals surface area contributed by atoms with Crippen molar-refractivity contribution >= 4 is 17.8 Å². The normalized spacial score (nSPS) is 25.1. The van der Waals surface area contributed by atoms with E-state index in [4.69, 9.17) is 5.11 Å². The predicted molar refractivity (Wildman–Crippen MR) is 67.6 cm³/mol. The number of hydrogen-bond acceptors (Lipinski definition) is 4. The van der Waals surface area contributed by atoms with Gasteiger partial charge in [-0.05, 0) is 25.0 Å². The highest BCUT2D eigenvalue weighted by atomic mass is 16.4. The Morgan fingerprint density at radius 1 is 1.25 bits per heavy atom. The fourth-order valence-corrected chi connectivity index (χ4v) is 3.02. The zero-order chi connectivity index (χ0) is 14.3. The number of fused-ring (bicyclic) bond motifs is 1. The van der Waals surface area contributed by atoms with Crippen molar-refractivity contribution < 1.29 is 19.5 Å². The summed E-state index contributed by atoms with van der Waals surface area (Å²) in [7, 11) is 0. The van der Waals surface area contributed by atoms with Gasteiger partial charge in [-0.1, -0.05) is 6.42 Å². The summed E-state index contributed by atoms with van der Waals surface area (Å²) in [5.41, 5.74) is 0.612. The summed E-state index contributed by atoms with van der Waals surface area (Å²) in [6.07, 6.45) is 3.75. The lowest BCUT2D eigenvalue weighted by molar-refractivity contribution is -0.141. The standard InChI is InChI=1S/C14H14N2O4/c17-12-10-2-1-3-11(10)13(18)16(12)7-9-5-4-8(6-15-9)14(19)20/h4-6,10-11H,1-3,7H2,(H,19,20). The van der Waals surface area contributed by atoms with Crippen LogP contribution in [0.2, 0.25) is 0 Å². The van der Waals surface area contributed by atoms with Crippen molar-refractivity contribution in [2.45, 2.75) is 25.8 Å². The van der Waals surface area contributed by atoms with E-state index >= 15 is 0 Å². The van der Waals surface area contributed by atoms with E-state index < -0.39 is 5.97 Å². The molecule has 2 unspecified atom stereocenters. The Balaban J connectivity index is 1.76. The van der Waals surface area contributed by atoms with Crippen molar-refractivity contribution in [2.75, 3.05) is 0 Å². The number of carboxylic acid groups (broad SMARTS) is 1. The first-order valence-electron chi connectivity index (χ1n) is 6.61. The number of aromatic carboxylic acids is 1. The Labute approximate surface area is 115 Å². The molecular weight excluding hydrogens is 260 g/mol. The van der Waals surface area contributed by atoms with Crippen molar-refractivity contribution in [3.8, 4) is 0 Å². The van der Waals surface area contributed by atoms with Gasteiger partial charge in [-0.25, -0.2) is 4.79 Å². The second kappa shape index (κ2) is 4.70. The minimum atomic E-state index is -1.05. The van der Waals surface area contributed by atoms with Gasteiger partial charge in [0.15, 0.2) is 0 Å². The molecule has 0 aromatic carbocycles. The van der Waals surface area contributed by atoms with E-state index in [9.17, 15) is 14.4 Å². The number of rotatable bonds is 3. The van der Waals surface area contributed by atoms with Crippen LogP contribution in [-0.4, -0.2) is 32.8 Å². The van der Waals surface area contributed by atoms with Gasteiger partial charge >= 0.3 is 5.97 Å². The van der Waals surface area contributed by atoms with Gasteiger partial charge in [0.05, 0.1) is 29.6 Å². The van der Waals surface area contributed by atoms with Gasteiger partial charge in [0.1, 0.15) is 0 Å². The first-order valence-corrected chi connectivity index (χ1v) is 6.61. The molecule has 2 aliphatic rings. The Bertz CT molecular complexity index is 559. The van der Waals surface area contributed by atoms with Gasteiger partial charge < -0.3 is 5.11 Å². The summed E-state index contributed by atoms with van der Waals surface area (Å²) in [6.45, 7) is 0.130. The smallest absolute Gasteiger partial charge is 0.337 e. The largest absolute Gasteiger partial charge is 0.478 e. The third kappa shape index (κ3) is 1.97. The fourth-order valence-electron chi connectivity index (χ4n) is 3.02. The molecule has 104 valence electrons. The molecule has 6 nitrogen and oxygen atoms in total. The SMILES string of the molecule is O=C(O)c1ccc(CN2C(=O)C3CCCC3C2=O)nc1. The molecule has 2 atom stereocenters. The minimum absolute atomic E-state index is 0.0877. The molecule has 2 heterocycles. The van der Waals surface area contributed by atoms with Crippen molar-refractivity contribution in [2.24, 2.45) is 11.8 Å². The van der Waals surface area contributed by atoms with E-state index in [1.165, 1.54) is 23.2 Å². The van der Waals surface area contributed by atoms with E-state index in [0.717, 1.165) is 19.3 Å². The predicted octanol–water partition coefficient (Wildman–Crippen LogP) is 1.06. The summed E-state index contributed by atoms with van der Waals surface area (Å²) >= 11 is 0. The Morgan fingerprint density at radius 2 is 1.90 bits per heavy atom. The maximum Gasteiger partial charge on any atom is 0.337 e. The van der Waals surface area contributed by atoms with Gasteiger partial charge in [-0.2, -0.15) is 0 Å². The Kier molecular flexibility index (Phi) is 3.00. The molecule has 2 fully saturated rings. The zero-order valence-corrected chi connectivity index (χ0v) is 10.8. The van der Waals surface area contributed by atoms with Crippen LogP contribution in [0.15, 0.2) is 18.3 Å². The summed E-state index contributed by atoms with van der Waals surface area (Å²) in [5.74, 6) is -1.57. The highest BCUT2D eigenvalue weighted by molar-refractivity contribution is 6.05. The maximum atomic E-state index is 12.2. The number of aromatic nitrogens is 1. The van der Waals surface area contributed by atoms with Crippen LogP contribution in [0.5, 0.6) is 0 Å². The van der Waals surface area contributed by atoms with Gasteiger partial charge in [-0.15, -0.1) is 0 Å². The lowest BCUT2D eigenvalue weighted by Crippen LogP contribution is -2.31. The number of nitrogens with zero attached hydrogens (tertiary/aromatic N) is 2. The number of likely N-dealkylation sites (tertiary alicyclic amines) is 1. The van der Waals surface area contributed by atoms with E-state index in [1.807, 2.05) is 0 Å². The molecule has 1 aromatic heterocycles. The summed E-state index contributed by atoms with van der Waals surface area (Å²) in [4.78, 5) is 40.3. The van der Waals surface area contributed by atoms with Crippen LogP contribution in [0.25, 0.3) is 0 Å². The fraction of sp³-hybridized carbons (Fsp3) is 0.429. The van der Waals surface area contributed by atoms with E-state index in [-0.39, 0.29) is 35.8 Å². The molecule has 0 radical (unpaired) electrons. The summed E-state index contributed by atoms with van der Waals surface area (Å²) in [6, 6.07) is 2.97. The van der Waals surface area contributed by atoms with Gasteiger partial charge in [-0.3, -0.25) is 19.5 Å². The quantitative estimate of drug-likeness (QED) is 0.833. The molecule has 6 heteroatoms. The topological polar surface area (TPSA) is 87.6 Å². The van der Waals surface area contributed by atoms with Crippen LogP contribution >= 0.6 is 0 Å². The van der Waals surface area contributed by atoms with Crippen LogP contribution < -0.4 is 0 Å².